The van der Waals surface area contributed by atoms with E-state index in [0.717, 1.165) is 30.2 Å². The molecule has 1 aromatic carbocycles. The number of benzene rings is 1. The number of halogens is 4. The van der Waals surface area contributed by atoms with Crippen LogP contribution >= 0.6 is 0 Å². The molecule has 232 valence electrons. The highest BCUT2D eigenvalue weighted by Crippen LogP contribution is 2.31. The lowest BCUT2D eigenvalue weighted by Crippen LogP contribution is -2.34. The SMILES string of the molecule is CCC(c1ncc(F)cn1)N(C)c1nc2c(c(C#N)nn2C(C)c2ccc(C(F)(F)F)nc2)c(=O)n1Cc1ccc(OC)cc1. The average Bonchev–Trinajstić information content (AvgIpc) is 3.42. The van der Waals surface area contributed by atoms with Crippen molar-refractivity contribution in [2.75, 3.05) is 19.1 Å². The van der Waals surface area contributed by atoms with E-state index >= 15 is 0 Å². The standard InChI is InChI=1S/C30H27F4N9O2/c1-5-23(26-37-14-20(31)15-38-26)41(3)29-39-27-25(28(44)42(29)16-18-6-9-21(45-4)10-7-18)22(12-35)40-43(27)17(2)19-8-11-24(36-13-19)30(32,33)34/h6-11,13-15,17,23H,5,16H2,1-4H3. The lowest BCUT2D eigenvalue weighted by molar-refractivity contribution is -0.141. The van der Waals surface area contributed by atoms with E-state index in [1.54, 1.807) is 43.1 Å². The van der Waals surface area contributed by atoms with Crippen molar-refractivity contribution in [2.24, 2.45) is 0 Å². The highest BCUT2D eigenvalue weighted by Gasteiger charge is 2.33. The minimum atomic E-state index is -4.62. The van der Waals surface area contributed by atoms with Crippen LogP contribution in [-0.2, 0) is 12.7 Å². The molecule has 45 heavy (non-hydrogen) atoms. The monoisotopic (exact) mass is 621 g/mol. The van der Waals surface area contributed by atoms with Crippen LogP contribution in [0.1, 0.15) is 60.7 Å². The van der Waals surface area contributed by atoms with Gasteiger partial charge in [-0.3, -0.25) is 14.3 Å². The zero-order valence-electron chi connectivity index (χ0n) is 24.6. The van der Waals surface area contributed by atoms with E-state index in [1.807, 2.05) is 13.0 Å². The molecule has 0 spiro atoms. The number of pyridine rings is 1. The van der Waals surface area contributed by atoms with Crippen LogP contribution in [0.3, 0.4) is 0 Å². The first-order valence-corrected chi connectivity index (χ1v) is 13.8. The molecule has 0 bridgehead atoms. The minimum Gasteiger partial charge on any atom is -0.497 e. The first kappa shape index (κ1) is 31.0. The summed E-state index contributed by atoms with van der Waals surface area (Å²) < 4.78 is 61.0. The molecule has 0 saturated heterocycles. The highest BCUT2D eigenvalue weighted by molar-refractivity contribution is 5.81. The van der Waals surface area contributed by atoms with E-state index in [2.05, 4.69) is 20.1 Å². The van der Waals surface area contributed by atoms with Crippen LogP contribution in [0.2, 0.25) is 0 Å². The van der Waals surface area contributed by atoms with Gasteiger partial charge in [0.25, 0.3) is 5.56 Å². The minimum absolute atomic E-state index is 0.0478. The Morgan fingerprint density at radius 3 is 2.31 bits per heavy atom. The zero-order valence-corrected chi connectivity index (χ0v) is 24.6. The first-order chi connectivity index (χ1) is 21.5. The second-order valence-corrected chi connectivity index (χ2v) is 10.2. The van der Waals surface area contributed by atoms with E-state index in [9.17, 15) is 27.6 Å². The molecule has 2 unspecified atom stereocenters. The lowest BCUT2D eigenvalue weighted by atomic mass is 10.1. The number of alkyl halides is 3. The Kier molecular flexibility index (Phi) is 8.49. The molecule has 5 aromatic rings. The summed E-state index contributed by atoms with van der Waals surface area (Å²) in [7, 11) is 3.23. The number of nitrogens with zero attached hydrogens (tertiary/aromatic N) is 9. The molecule has 4 aromatic heterocycles. The predicted molar refractivity (Wildman–Crippen MR) is 155 cm³/mol. The third-order valence-corrected chi connectivity index (χ3v) is 7.43. The van der Waals surface area contributed by atoms with E-state index in [1.165, 1.54) is 22.4 Å². The van der Waals surface area contributed by atoms with Crippen molar-refractivity contribution in [1.82, 2.24) is 34.3 Å². The number of fused-ring (bicyclic) bond motifs is 1. The Labute approximate surface area is 254 Å². The van der Waals surface area contributed by atoms with Crippen LogP contribution < -0.4 is 15.2 Å². The van der Waals surface area contributed by atoms with Crippen molar-refractivity contribution < 1.29 is 22.3 Å². The summed E-state index contributed by atoms with van der Waals surface area (Å²) in [5.41, 5.74) is -0.684. The van der Waals surface area contributed by atoms with Crippen LogP contribution in [0.25, 0.3) is 11.0 Å². The largest absolute Gasteiger partial charge is 0.497 e. The molecule has 0 radical (unpaired) electrons. The Morgan fingerprint density at radius 1 is 1.07 bits per heavy atom. The van der Waals surface area contributed by atoms with Crippen LogP contribution in [0, 0.1) is 17.1 Å². The summed E-state index contributed by atoms with van der Waals surface area (Å²) >= 11 is 0. The Balaban J connectivity index is 1.70. The maximum absolute atomic E-state index is 14.2. The summed E-state index contributed by atoms with van der Waals surface area (Å²) in [6.07, 6.45) is -0.991. The van der Waals surface area contributed by atoms with Gasteiger partial charge in [-0.1, -0.05) is 25.1 Å². The van der Waals surface area contributed by atoms with Gasteiger partial charge >= 0.3 is 6.18 Å². The van der Waals surface area contributed by atoms with Gasteiger partial charge in [0.15, 0.2) is 23.0 Å². The molecule has 4 heterocycles. The number of methoxy groups -OCH3 is 1. The molecule has 0 aliphatic heterocycles. The number of hydrogen-bond donors (Lipinski definition) is 0. The van der Waals surface area contributed by atoms with Crippen molar-refractivity contribution in [3.05, 3.63) is 99.5 Å². The van der Waals surface area contributed by atoms with E-state index in [-0.39, 0.29) is 29.2 Å². The maximum Gasteiger partial charge on any atom is 0.433 e. The Bertz CT molecular complexity index is 1910. The zero-order chi connectivity index (χ0) is 32.5. The van der Waals surface area contributed by atoms with Crippen LogP contribution in [0.5, 0.6) is 5.75 Å². The van der Waals surface area contributed by atoms with Gasteiger partial charge in [0.1, 0.15) is 22.9 Å². The summed E-state index contributed by atoms with van der Waals surface area (Å²) in [6.45, 7) is 3.57. The fourth-order valence-corrected chi connectivity index (χ4v) is 5.01. The molecule has 0 N–H and O–H groups in total. The van der Waals surface area contributed by atoms with Gasteiger partial charge < -0.3 is 9.64 Å². The molecule has 0 saturated carbocycles. The normalized spacial score (nSPS) is 13.0. The number of anilines is 1. The van der Waals surface area contributed by atoms with Gasteiger partial charge in [0, 0.05) is 13.2 Å². The molecular formula is C30H27F4N9O2. The van der Waals surface area contributed by atoms with Crippen LogP contribution in [0.15, 0.2) is 59.8 Å². The van der Waals surface area contributed by atoms with Crippen LogP contribution in [-0.4, -0.2) is 48.4 Å². The topological polar surface area (TPSA) is 128 Å². The van der Waals surface area contributed by atoms with Crippen LogP contribution in [0.4, 0.5) is 23.5 Å². The number of hydrogen-bond acceptors (Lipinski definition) is 9. The first-order valence-electron chi connectivity index (χ1n) is 13.8. The van der Waals surface area contributed by atoms with Crippen molar-refractivity contribution >= 4 is 17.0 Å². The smallest absolute Gasteiger partial charge is 0.433 e. The molecule has 0 fully saturated rings. The number of nitriles is 1. The second-order valence-electron chi connectivity index (χ2n) is 10.2. The lowest BCUT2D eigenvalue weighted by Gasteiger charge is -2.29. The molecular weight excluding hydrogens is 594 g/mol. The van der Waals surface area contributed by atoms with E-state index in [4.69, 9.17) is 9.72 Å². The molecule has 0 aliphatic carbocycles. The molecule has 0 amide bonds. The summed E-state index contributed by atoms with van der Waals surface area (Å²) in [4.78, 5) is 32.6. The quantitative estimate of drug-likeness (QED) is 0.208. The van der Waals surface area contributed by atoms with Gasteiger partial charge in [-0.2, -0.15) is 28.5 Å². The second kappa shape index (κ2) is 12.3. The molecule has 11 nitrogen and oxygen atoms in total. The number of ether oxygens (including phenoxy) is 1. The van der Waals surface area contributed by atoms with Gasteiger partial charge in [0.2, 0.25) is 5.95 Å². The number of rotatable bonds is 9. The third-order valence-electron chi connectivity index (χ3n) is 7.43. The Hall–Kier alpha value is -5.39. The molecule has 0 aliphatic rings. The van der Waals surface area contributed by atoms with Gasteiger partial charge in [-0.25, -0.2) is 19.0 Å². The Morgan fingerprint density at radius 2 is 1.76 bits per heavy atom. The number of aromatic nitrogens is 7. The molecule has 5 rings (SSSR count). The summed E-state index contributed by atoms with van der Waals surface area (Å²) in [6, 6.07) is 9.83. The summed E-state index contributed by atoms with van der Waals surface area (Å²) in [5, 5.41) is 14.2. The predicted octanol–water partition coefficient (Wildman–Crippen LogP) is 5.06. The average molecular weight is 622 g/mol. The van der Waals surface area contributed by atoms with Gasteiger partial charge in [0.05, 0.1) is 38.1 Å². The highest BCUT2D eigenvalue weighted by atomic mass is 19.4. The fraction of sp³-hybridized carbons (Fsp3) is 0.300. The van der Waals surface area contributed by atoms with Crippen molar-refractivity contribution in [3.63, 3.8) is 0 Å². The van der Waals surface area contributed by atoms with E-state index in [0.29, 0.717) is 23.6 Å². The van der Waals surface area contributed by atoms with Gasteiger partial charge in [-0.05, 0) is 42.7 Å². The van der Waals surface area contributed by atoms with Crippen molar-refractivity contribution in [3.8, 4) is 11.8 Å². The van der Waals surface area contributed by atoms with Crippen molar-refractivity contribution in [1.29, 1.82) is 5.26 Å². The molecule has 2 atom stereocenters. The van der Waals surface area contributed by atoms with Gasteiger partial charge in [-0.15, -0.1) is 0 Å². The van der Waals surface area contributed by atoms with E-state index < -0.39 is 35.3 Å². The maximum atomic E-state index is 14.2. The molecule has 15 heteroatoms. The fourth-order valence-electron chi connectivity index (χ4n) is 5.01. The third kappa shape index (κ3) is 6.03. The summed E-state index contributed by atoms with van der Waals surface area (Å²) in [5.74, 6) is 0.483. The van der Waals surface area contributed by atoms with Crippen molar-refractivity contribution in [2.45, 2.75) is 45.1 Å².